The molecular weight excluding hydrogens is 443 g/mol. The summed E-state index contributed by atoms with van der Waals surface area (Å²) in [5.41, 5.74) is 4.01. The summed E-state index contributed by atoms with van der Waals surface area (Å²) in [6.45, 7) is 3.69. The summed E-state index contributed by atoms with van der Waals surface area (Å²) < 4.78 is 26.3. The van der Waals surface area contributed by atoms with E-state index in [1.54, 1.807) is 13.0 Å². The second kappa shape index (κ2) is 9.16. The van der Waals surface area contributed by atoms with Crippen molar-refractivity contribution in [1.29, 1.82) is 0 Å². The van der Waals surface area contributed by atoms with Crippen molar-refractivity contribution in [3.05, 3.63) is 63.1 Å². The Bertz CT molecular complexity index is 1060. The van der Waals surface area contributed by atoms with Gasteiger partial charge in [0.1, 0.15) is 6.04 Å². The van der Waals surface area contributed by atoms with Crippen molar-refractivity contribution in [2.75, 3.05) is 10.6 Å². The van der Waals surface area contributed by atoms with Crippen molar-refractivity contribution in [3.8, 4) is 0 Å². The number of nitrogens with zero attached hydrogens (tertiary/aromatic N) is 1. The van der Waals surface area contributed by atoms with Crippen molar-refractivity contribution in [2.24, 2.45) is 0 Å². The predicted octanol–water partition coefficient (Wildman–Crippen LogP) is 4.90. The normalized spacial score (nSPS) is 15.4. The Balaban J connectivity index is 1.86. The van der Waals surface area contributed by atoms with E-state index in [0.29, 0.717) is 17.1 Å². The molecule has 5 nitrogen and oxygen atoms in total. The largest absolute Gasteiger partial charge is 0.348 e. The van der Waals surface area contributed by atoms with E-state index < -0.39 is 16.1 Å². The van der Waals surface area contributed by atoms with Crippen LogP contribution in [-0.2, 0) is 27.7 Å². The number of anilines is 1. The van der Waals surface area contributed by atoms with Crippen LogP contribution in [0.5, 0.6) is 0 Å². The van der Waals surface area contributed by atoms with Gasteiger partial charge in [-0.3, -0.25) is 9.10 Å². The van der Waals surface area contributed by atoms with Crippen LogP contribution in [0.4, 0.5) is 5.69 Å². The van der Waals surface area contributed by atoms with Gasteiger partial charge in [0.25, 0.3) is 0 Å². The van der Waals surface area contributed by atoms with Crippen LogP contribution in [0.15, 0.2) is 36.4 Å². The molecule has 1 aliphatic rings. The van der Waals surface area contributed by atoms with Crippen LogP contribution in [0.25, 0.3) is 0 Å². The van der Waals surface area contributed by atoms with Crippen molar-refractivity contribution < 1.29 is 13.2 Å². The van der Waals surface area contributed by atoms with Crippen molar-refractivity contribution in [2.45, 2.75) is 51.6 Å². The third kappa shape index (κ3) is 4.93. The van der Waals surface area contributed by atoms with Crippen LogP contribution < -0.4 is 9.62 Å². The molecule has 0 fully saturated rings. The average Bonchev–Trinajstić information content (AvgIpc) is 3.15. The molecule has 1 amide bonds. The molecule has 2 aromatic rings. The number of amides is 1. The summed E-state index contributed by atoms with van der Waals surface area (Å²) >= 11 is 12.1. The summed E-state index contributed by atoms with van der Waals surface area (Å²) in [7, 11) is -3.74. The zero-order chi connectivity index (χ0) is 22.1. The topological polar surface area (TPSA) is 66.5 Å². The van der Waals surface area contributed by atoms with Gasteiger partial charge >= 0.3 is 0 Å². The van der Waals surface area contributed by atoms with Gasteiger partial charge in [0, 0.05) is 0 Å². The van der Waals surface area contributed by atoms with Gasteiger partial charge in [-0.25, -0.2) is 8.42 Å². The summed E-state index contributed by atoms with van der Waals surface area (Å²) in [5, 5.41) is 3.53. The van der Waals surface area contributed by atoms with Gasteiger partial charge in [-0.15, -0.1) is 0 Å². The first-order valence-electron chi connectivity index (χ1n) is 9.98. The van der Waals surface area contributed by atoms with Gasteiger partial charge in [-0.05, 0) is 67.5 Å². The van der Waals surface area contributed by atoms with Crippen molar-refractivity contribution >= 4 is 44.8 Å². The molecule has 0 aromatic heterocycles. The van der Waals surface area contributed by atoms with E-state index in [1.807, 2.05) is 13.0 Å². The molecule has 0 saturated carbocycles. The van der Waals surface area contributed by atoms with Gasteiger partial charge in [0.2, 0.25) is 15.9 Å². The van der Waals surface area contributed by atoms with Crippen LogP contribution in [0, 0.1) is 0 Å². The number of carbonyl (C=O) groups is 1. The van der Waals surface area contributed by atoms with Gasteiger partial charge in [-0.2, -0.15) is 0 Å². The maximum absolute atomic E-state index is 13.1. The molecular formula is C22H26Cl2N2O3S. The molecule has 0 bridgehead atoms. The highest BCUT2D eigenvalue weighted by molar-refractivity contribution is 7.92. The summed E-state index contributed by atoms with van der Waals surface area (Å²) in [6.07, 6.45) is 4.69. The Hall–Kier alpha value is -1.76. The lowest BCUT2D eigenvalue weighted by atomic mass is 10.0. The van der Waals surface area contributed by atoms with E-state index in [2.05, 4.69) is 17.4 Å². The SMILES string of the molecule is CC[C@@H](C(=O)N[C@@H](C)c1ccc2c(c1)CCC2)N(c1ccc(Cl)c(Cl)c1)S(C)(=O)=O. The van der Waals surface area contributed by atoms with Gasteiger partial charge in [-0.1, -0.05) is 48.3 Å². The molecule has 8 heteroatoms. The van der Waals surface area contributed by atoms with E-state index in [-0.39, 0.29) is 17.0 Å². The molecule has 2 atom stereocenters. The van der Waals surface area contributed by atoms with E-state index in [1.165, 1.54) is 23.3 Å². The maximum Gasteiger partial charge on any atom is 0.244 e. The Morgan fingerprint density at radius 3 is 2.43 bits per heavy atom. The van der Waals surface area contributed by atoms with E-state index in [9.17, 15) is 13.2 Å². The zero-order valence-corrected chi connectivity index (χ0v) is 19.6. The summed E-state index contributed by atoms with van der Waals surface area (Å²) in [4.78, 5) is 13.1. The molecule has 0 spiro atoms. The maximum atomic E-state index is 13.1. The average molecular weight is 469 g/mol. The van der Waals surface area contributed by atoms with Crippen LogP contribution >= 0.6 is 23.2 Å². The quantitative estimate of drug-likeness (QED) is 0.627. The fraction of sp³-hybridized carbons (Fsp3) is 0.409. The minimum atomic E-state index is -3.74. The third-order valence-corrected chi connectivity index (χ3v) is 7.39. The molecule has 162 valence electrons. The summed E-state index contributed by atoms with van der Waals surface area (Å²) in [5.74, 6) is -0.359. The van der Waals surface area contributed by atoms with E-state index in [4.69, 9.17) is 23.2 Å². The second-order valence-corrected chi connectivity index (χ2v) is 10.4. The van der Waals surface area contributed by atoms with Gasteiger partial charge < -0.3 is 5.32 Å². The number of sulfonamides is 1. The minimum Gasteiger partial charge on any atom is -0.348 e. The second-order valence-electron chi connectivity index (χ2n) is 7.69. The third-order valence-electron chi connectivity index (χ3n) is 5.47. The van der Waals surface area contributed by atoms with Gasteiger partial charge in [0.05, 0.1) is 28.0 Å². The Morgan fingerprint density at radius 2 is 1.80 bits per heavy atom. The number of nitrogens with one attached hydrogen (secondary N) is 1. The number of fused-ring (bicyclic) bond motifs is 1. The first kappa shape index (κ1) is 22.9. The molecule has 0 heterocycles. The smallest absolute Gasteiger partial charge is 0.244 e. The number of hydrogen-bond acceptors (Lipinski definition) is 3. The predicted molar refractivity (Wildman–Crippen MR) is 123 cm³/mol. The standard InChI is InChI=1S/C22H26Cl2N2O3S/c1-4-21(26(30(3,28)29)18-10-11-19(23)20(24)13-18)22(27)25-14(2)16-9-8-15-6-5-7-17(15)12-16/h8-14,21H,4-7H2,1-3H3,(H,25,27)/t14-,21-/m0/s1. The number of benzene rings is 2. The highest BCUT2D eigenvalue weighted by Gasteiger charge is 2.32. The van der Waals surface area contributed by atoms with E-state index >= 15 is 0 Å². The monoisotopic (exact) mass is 468 g/mol. The molecule has 2 aromatic carbocycles. The van der Waals surface area contributed by atoms with Gasteiger partial charge in [0.15, 0.2) is 0 Å². The number of carbonyl (C=O) groups excluding carboxylic acids is 1. The zero-order valence-electron chi connectivity index (χ0n) is 17.3. The van der Waals surface area contributed by atoms with E-state index in [0.717, 1.165) is 35.4 Å². The Kier molecular flexibility index (Phi) is 7.00. The Labute approximate surface area is 188 Å². The molecule has 1 aliphatic carbocycles. The highest BCUT2D eigenvalue weighted by Crippen LogP contribution is 2.31. The van der Waals surface area contributed by atoms with Crippen LogP contribution in [0.3, 0.4) is 0 Å². The number of aryl methyl sites for hydroxylation is 2. The van der Waals surface area contributed by atoms with Crippen molar-refractivity contribution in [3.63, 3.8) is 0 Å². The van der Waals surface area contributed by atoms with Crippen LogP contribution in [0.2, 0.25) is 10.0 Å². The van der Waals surface area contributed by atoms with Crippen molar-refractivity contribution in [1.82, 2.24) is 5.32 Å². The minimum absolute atomic E-state index is 0.226. The van der Waals surface area contributed by atoms with Crippen LogP contribution in [-0.4, -0.2) is 26.6 Å². The molecule has 30 heavy (non-hydrogen) atoms. The molecule has 1 N–H and O–H groups in total. The lowest BCUT2D eigenvalue weighted by molar-refractivity contribution is -0.122. The number of rotatable bonds is 7. The molecule has 3 rings (SSSR count). The Morgan fingerprint density at radius 1 is 1.10 bits per heavy atom. The lowest BCUT2D eigenvalue weighted by Crippen LogP contribution is -2.49. The number of hydrogen-bond donors (Lipinski definition) is 1. The number of halogens is 2. The molecule has 0 radical (unpaired) electrons. The fourth-order valence-electron chi connectivity index (χ4n) is 3.94. The highest BCUT2D eigenvalue weighted by atomic mass is 35.5. The lowest BCUT2D eigenvalue weighted by Gasteiger charge is -2.31. The first-order valence-corrected chi connectivity index (χ1v) is 12.6. The first-order chi connectivity index (χ1) is 14.1. The van der Waals surface area contributed by atoms with Crippen LogP contribution in [0.1, 0.15) is 49.4 Å². The molecule has 0 aliphatic heterocycles. The molecule has 0 saturated heterocycles. The fourth-order valence-corrected chi connectivity index (χ4v) is 5.43. The summed E-state index contributed by atoms with van der Waals surface area (Å²) in [6, 6.07) is 9.68. The molecule has 0 unspecified atom stereocenters.